The highest BCUT2D eigenvalue weighted by Crippen LogP contribution is 2.24. The van der Waals surface area contributed by atoms with Gasteiger partial charge < -0.3 is 15.5 Å². The van der Waals surface area contributed by atoms with Crippen molar-refractivity contribution in [2.24, 2.45) is 0 Å². The second-order valence-corrected chi connectivity index (χ2v) is 7.67. The van der Waals surface area contributed by atoms with Gasteiger partial charge in [0.15, 0.2) is 0 Å². The van der Waals surface area contributed by atoms with Gasteiger partial charge in [-0.25, -0.2) is 4.39 Å². The van der Waals surface area contributed by atoms with Crippen LogP contribution in [-0.2, 0) is 12.2 Å². The first-order chi connectivity index (χ1) is 13.7. The van der Waals surface area contributed by atoms with Gasteiger partial charge in [0.25, 0.3) is 5.91 Å². The van der Waals surface area contributed by atoms with Crippen LogP contribution in [0.15, 0.2) is 36.7 Å². The molecular formula is C22H29FN4O2. The van der Waals surface area contributed by atoms with E-state index in [4.69, 9.17) is 0 Å². The van der Waals surface area contributed by atoms with E-state index in [0.717, 1.165) is 24.0 Å². The van der Waals surface area contributed by atoms with Crippen LogP contribution in [0, 0.1) is 0 Å². The molecule has 6 nitrogen and oxygen atoms in total. The Hall–Kier alpha value is -2.80. The lowest BCUT2D eigenvalue weighted by molar-refractivity contribution is 0.0953. The highest BCUT2D eigenvalue weighted by Gasteiger charge is 2.19. The van der Waals surface area contributed by atoms with E-state index in [1.54, 1.807) is 30.6 Å². The summed E-state index contributed by atoms with van der Waals surface area (Å²) in [4.78, 5) is 29.4. The number of nitrogens with zero attached hydrogens (tertiary/aromatic N) is 2. The molecule has 0 spiro atoms. The number of aromatic nitrogens is 1. The molecule has 7 heteroatoms. The number of anilines is 1. The van der Waals surface area contributed by atoms with Crippen LogP contribution in [0.2, 0.25) is 0 Å². The second-order valence-electron chi connectivity index (χ2n) is 7.67. The Labute approximate surface area is 171 Å². The summed E-state index contributed by atoms with van der Waals surface area (Å²) in [5, 5.41) is 6.14. The van der Waals surface area contributed by atoms with Gasteiger partial charge in [0.2, 0.25) is 0 Å². The lowest BCUT2D eigenvalue weighted by Crippen LogP contribution is -2.27. The van der Waals surface area contributed by atoms with Gasteiger partial charge in [0, 0.05) is 62.0 Å². The van der Waals surface area contributed by atoms with Gasteiger partial charge in [-0.1, -0.05) is 0 Å². The van der Waals surface area contributed by atoms with Gasteiger partial charge in [-0.15, -0.1) is 0 Å². The first-order valence-corrected chi connectivity index (χ1v) is 9.60. The van der Waals surface area contributed by atoms with Crippen molar-refractivity contribution < 1.29 is 14.0 Å². The minimum Gasteiger partial charge on any atom is -0.378 e. The van der Waals surface area contributed by atoms with E-state index in [1.165, 1.54) is 13.8 Å². The molecule has 156 valence electrons. The Balaban J connectivity index is 1.78. The third-order valence-corrected chi connectivity index (χ3v) is 4.48. The predicted molar refractivity (Wildman–Crippen MR) is 113 cm³/mol. The Kier molecular flexibility index (Phi) is 7.84. The summed E-state index contributed by atoms with van der Waals surface area (Å²) in [6, 6.07) is 6.89. The van der Waals surface area contributed by atoms with Crippen molar-refractivity contribution in [2.75, 3.05) is 32.1 Å². The summed E-state index contributed by atoms with van der Waals surface area (Å²) in [7, 11) is 3.72. The van der Waals surface area contributed by atoms with E-state index in [1.807, 2.05) is 25.1 Å². The number of pyridine rings is 1. The second kappa shape index (κ2) is 10.1. The van der Waals surface area contributed by atoms with Gasteiger partial charge >= 0.3 is 0 Å². The topological polar surface area (TPSA) is 74.3 Å². The number of alkyl halides is 1. The van der Waals surface area contributed by atoms with Crippen LogP contribution in [0.1, 0.15) is 52.1 Å². The van der Waals surface area contributed by atoms with Crippen LogP contribution in [0.5, 0.6) is 0 Å². The van der Waals surface area contributed by atoms with Crippen LogP contribution >= 0.6 is 0 Å². The van der Waals surface area contributed by atoms with Crippen LogP contribution in [0.25, 0.3) is 0 Å². The summed E-state index contributed by atoms with van der Waals surface area (Å²) in [5.74, 6) is -0.209. The first kappa shape index (κ1) is 22.5. The molecule has 0 saturated heterocycles. The molecule has 0 unspecified atom stereocenters. The molecule has 2 rings (SSSR count). The third-order valence-electron chi connectivity index (χ3n) is 4.48. The van der Waals surface area contributed by atoms with Gasteiger partial charge in [-0.3, -0.25) is 14.6 Å². The van der Waals surface area contributed by atoms with Gasteiger partial charge in [0.05, 0.1) is 0 Å². The molecule has 2 N–H and O–H groups in total. The molecule has 1 aromatic carbocycles. The van der Waals surface area contributed by atoms with E-state index >= 15 is 0 Å². The SMILES string of the molecule is CN(C)c1cc(C=O)cc(C(=O)NCCCNCc2cncc(C(C)(C)F)c2)c1. The average molecular weight is 400 g/mol. The number of halogens is 1. The average Bonchev–Trinajstić information content (AvgIpc) is 2.69. The number of benzene rings is 1. The normalized spacial score (nSPS) is 11.2. The molecule has 0 aliphatic rings. The maximum Gasteiger partial charge on any atom is 0.251 e. The fourth-order valence-electron chi connectivity index (χ4n) is 2.75. The Morgan fingerprint density at radius 2 is 1.93 bits per heavy atom. The van der Waals surface area contributed by atoms with Crippen molar-refractivity contribution >= 4 is 17.9 Å². The molecule has 0 atom stereocenters. The van der Waals surface area contributed by atoms with Gasteiger partial charge in [0.1, 0.15) is 12.0 Å². The number of carbonyl (C=O) groups is 2. The molecule has 0 bridgehead atoms. The highest BCUT2D eigenvalue weighted by molar-refractivity contribution is 5.97. The summed E-state index contributed by atoms with van der Waals surface area (Å²) >= 11 is 0. The van der Waals surface area contributed by atoms with Crippen LogP contribution < -0.4 is 15.5 Å². The summed E-state index contributed by atoms with van der Waals surface area (Å²) in [5.41, 5.74) is 1.78. The number of aldehydes is 1. The zero-order chi connectivity index (χ0) is 21.4. The molecular weight excluding hydrogens is 371 g/mol. The Morgan fingerprint density at radius 3 is 2.59 bits per heavy atom. The standard InChI is InChI=1S/C22H29FN4O2/c1-22(2,23)19-9-17(13-25-14-19)12-24-6-5-7-26-21(29)18-8-16(15-28)10-20(11-18)27(3)4/h8-11,13-15,24H,5-7,12H2,1-4H3,(H,26,29). The molecule has 0 fully saturated rings. The lowest BCUT2D eigenvalue weighted by Gasteiger charge is -2.15. The monoisotopic (exact) mass is 400 g/mol. The predicted octanol–water partition coefficient (Wildman–Crippen LogP) is 3.07. The van der Waals surface area contributed by atoms with Crippen molar-refractivity contribution in [3.63, 3.8) is 0 Å². The zero-order valence-electron chi connectivity index (χ0n) is 17.5. The quantitative estimate of drug-likeness (QED) is 0.474. The smallest absolute Gasteiger partial charge is 0.251 e. The number of hydrogen-bond donors (Lipinski definition) is 2. The molecule has 1 heterocycles. The number of amides is 1. The molecule has 0 aliphatic heterocycles. The van der Waals surface area contributed by atoms with Crippen molar-refractivity contribution in [1.82, 2.24) is 15.6 Å². The minimum absolute atomic E-state index is 0.209. The fourth-order valence-corrected chi connectivity index (χ4v) is 2.75. The number of hydrogen-bond acceptors (Lipinski definition) is 5. The van der Waals surface area contributed by atoms with Gasteiger partial charge in [-0.05, 0) is 56.6 Å². The third kappa shape index (κ3) is 6.94. The van der Waals surface area contributed by atoms with Crippen LogP contribution in [-0.4, -0.2) is 44.4 Å². The lowest BCUT2D eigenvalue weighted by atomic mass is 10.0. The number of nitrogens with one attached hydrogen (secondary N) is 2. The molecule has 2 aromatic rings. The highest BCUT2D eigenvalue weighted by atomic mass is 19.1. The maximum atomic E-state index is 14.0. The number of carbonyl (C=O) groups excluding carboxylic acids is 2. The van der Waals surface area contributed by atoms with E-state index in [0.29, 0.717) is 36.3 Å². The van der Waals surface area contributed by atoms with Gasteiger partial charge in [-0.2, -0.15) is 0 Å². The minimum atomic E-state index is -1.42. The summed E-state index contributed by atoms with van der Waals surface area (Å²) in [6.07, 6.45) is 4.73. The fraction of sp³-hybridized carbons (Fsp3) is 0.409. The maximum absolute atomic E-state index is 14.0. The van der Waals surface area contributed by atoms with E-state index in [2.05, 4.69) is 15.6 Å². The summed E-state index contributed by atoms with van der Waals surface area (Å²) < 4.78 is 14.0. The van der Waals surface area contributed by atoms with E-state index in [9.17, 15) is 14.0 Å². The van der Waals surface area contributed by atoms with Crippen molar-refractivity contribution in [2.45, 2.75) is 32.5 Å². The number of rotatable bonds is 10. The Morgan fingerprint density at radius 1 is 1.17 bits per heavy atom. The first-order valence-electron chi connectivity index (χ1n) is 9.60. The molecule has 0 aliphatic carbocycles. The van der Waals surface area contributed by atoms with Crippen molar-refractivity contribution in [3.05, 3.63) is 58.9 Å². The summed E-state index contributed by atoms with van der Waals surface area (Å²) in [6.45, 7) is 4.80. The molecule has 29 heavy (non-hydrogen) atoms. The van der Waals surface area contributed by atoms with Crippen molar-refractivity contribution in [3.8, 4) is 0 Å². The van der Waals surface area contributed by atoms with Crippen molar-refractivity contribution in [1.29, 1.82) is 0 Å². The zero-order valence-corrected chi connectivity index (χ0v) is 17.5. The molecule has 0 saturated carbocycles. The molecule has 0 radical (unpaired) electrons. The molecule has 1 aromatic heterocycles. The van der Waals surface area contributed by atoms with E-state index in [-0.39, 0.29) is 5.91 Å². The van der Waals surface area contributed by atoms with Crippen LogP contribution in [0.3, 0.4) is 0 Å². The van der Waals surface area contributed by atoms with Crippen LogP contribution in [0.4, 0.5) is 10.1 Å². The molecule has 1 amide bonds. The van der Waals surface area contributed by atoms with E-state index < -0.39 is 5.67 Å². The Bertz CT molecular complexity index is 847. The largest absolute Gasteiger partial charge is 0.378 e.